The zero-order chi connectivity index (χ0) is 9.52. The molecule has 0 bridgehead atoms. The summed E-state index contributed by atoms with van der Waals surface area (Å²) in [6.07, 6.45) is 1.36. The summed E-state index contributed by atoms with van der Waals surface area (Å²) in [6, 6.07) is 0. The van der Waals surface area contributed by atoms with Crippen LogP contribution in [0.3, 0.4) is 0 Å². The van der Waals surface area contributed by atoms with Gasteiger partial charge in [-0.2, -0.15) is 0 Å². The fraction of sp³-hybridized carbons (Fsp3) is 0.333. The number of alkyl halides is 3. The molecule has 0 aromatic carbocycles. The van der Waals surface area contributed by atoms with Gasteiger partial charge in [-0.15, -0.1) is 11.6 Å². The minimum Gasteiger partial charge on any atom is -0.398 e. The van der Waals surface area contributed by atoms with Gasteiger partial charge in [-0.1, -0.05) is 46.4 Å². The fourth-order valence-corrected chi connectivity index (χ4v) is 2.00. The quantitative estimate of drug-likeness (QED) is 0.669. The van der Waals surface area contributed by atoms with Crippen molar-refractivity contribution in [3.8, 4) is 0 Å². The Morgan fingerprint density at radius 1 is 1.33 bits per heavy atom. The van der Waals surface area contributed by atoms with Crippen molar-refractivity contribution in [2.45, 2.75) is 9.71 Å². The van der Waals surface area contributed by atoms with Gasteiger partial charge in [0.05, 0.1) is 15.8 Å². The van der Waals surface area contributed by atoms with Crippen LogP contribution in [0, 0.1) is 0 Å². The van der Waals surface area contributed by atoms with Gasteiger partial charge in [0.25, 0.3) is 0 Å². The van der Waals surface area contributed by atoms with Crippen molar-refractivity contribution >= 4 is 58.0 Å². The van der Waals surface area contributed by atoms with Crippen LogP contribution in [0.15, 0.2) is 21.8 Å². The Bertz CT molecular complexity index is 267. The van der Waals surface area contributed by atoms with E-state index in [2.05, 4.69) is 0 Å². The lowest BCUT2D eigenvalue weighted by molar-refractivity contribution is 0.929. The number of allylic oxidation sites excluding steroid dienone is 3. The maximum absolute atomic E-state index is 5.78. The molecule has 0 aromatic heterocycles. The summed E-state index contributed by atoms with van der Waals surface area (Å²) in [6.45, 7) is 0. The lowest BCUT2D eigenvalue weighted by Gasteiger charge is -2.26. The van der Waals surface area contributed by atoms with Gasteiger partial charge in [-0.05, 0) is 6.08 Å². The van der Waals surface area contributed by atoms with Crippen molar-refractivity contribution < 1.29 is 0 Å². The number of halogens is 5. The first-order valence-corrected chi connectivity index (χ1v) is 4.87. The summed E-state index contributed by atoms with van der Waals surface area (Å²) in [5.74, 6) is 0. The molecule has 2 N–H and O–H groups in total. The Balaban J connectivity index is 3.15. The predicted molar refractivity (Wildman–Crippen MR) is 55.1 cm³/mol. The maximum Gasteiger partial charge on any atom is 0.159 e. The number of hydrogen-bond donors (Lipinski definition) is 1. The van der Waals surface area contributed by atoms with Gasteiger partial charge in [0.2, 0.25) is 0 Å². The molecule has 0 aliphatic heterocycles. The van der Waals surface area contributed by atoms with E-state index in [1.807, 2.05) is 0 Å². The van der Waals surface area contributed by atoms with Gasteiger partial charge >= 0.3 is 0 Å². The van der Waals surface area contributed by atoms with Crippen LogP contribution in [0.2, 0.25) is 0 Å². The van der Waals surface area contributed by atoms with Gasteiger partial charge in [0.15, 0.2) is 4.33 Å². The molecule has 0 fully saturated rings. The van der Waals surface area contributed by atoms with E-state index in [0.29, 0.717) is 0 Å². The number of nitrogens with two attached hydrogens (primary N) is 1. The molecule has 0 heterocycles. The SMILES string of the molecule is NC1=CC(Cl)(Cl)C(Cl)C(Cl)=C1Cl. The standard InChI is InChI=1S/C6H4Cl5N/c7-3-2(12)1-6(10,11)5(9)4(3)8/h1,5H,12H2. The fourth-order valence-electron chi connectivity index (χ4n) is 0.762. The molecule has 1 nitrogen and oxygen atoms in total. The molecule has 1 aliphatic carbocycles. The topological polar surface area (TPSA) is 26.0 Å². The first-order chi connectivity index (χ1) is 5.36. The molecule has 0 amide bonds. The minimum atomic E-state index is -1.29. The van der Waals surface area contributed by atoms with E-state index in [1.54, 1.807) is 0 Å². The van der Waals surface area contributed by atoms with Crippen molar-refractivity contribution in [3.63, 3.8) is 0 Å². The van der Waals surface area contributed by atoms with Crippen LogP contribution < -0.4 is 5.73 Å². The number of rotatable bonds is 0. The Hall–Kier alpha value is 0.730. The molecule has 0 spiro atoms. The summed E-state index contributed by atoms with van der Waals surface area (Å²) < 4.78 is -1.29. The summed E-state index contributed by atoms with van der Waals surface area (Å²) in [5.41, 5.74) is 5.71. The molecule has 0 radical (unpaired) electrons. The summed E-state index contributed by atoms with van der Waals surface area (Å²) >= 11 is 28.8. The highest BCUT2D eigenvalue weighted by atomic mass is 35.5. The smallest absolute Gasteiger partial charge is 0.159 e. The van der Waals surface area contributed by atoms with Gasteiger partial charge in [0.1, 0.15) is 5.38 Å². The molecule has 12 heavy (non-hydrogen) atoms. The molecule has 1 rings (SSSR count). The Morgan fingerprint density at radius 3 is 2.33 bits per heavy atom. The van der Waals surface area contributed by atoms with Crippen LogP contribution in [0.5, 0.6) is 0 Å². The largest absolute Gasteiger partial charge is 0.398 e. The van der Waals surface area contributed by atoms with E-state index in [0.717, 1.165) is 0 Å². The zero-order valence-electron chi connectivity index (χ0n) is 5.62. The summed E-state index contributed by atoms with van der Waals surface area (Å²) in [5, 5.41) is -0.390. The highest BCUT2D eigenvalue weighted by molar-refractivity contribution is 6.57. The lowest BCUT2D eigenvalue weighted by atomic mass is 10.1. The molecule has 0 saturated heterocycles. The molecular weight excluding hydrogens is 263 g/mol. The molecule has 0 saturated carbocycles. The van der Waals surface area contributed by atoms with E-state index in [9.17, 15) is 0 Å². The molecule has 0 aromatic rings. The van der Waals surface area contributed by atoms with E-state index < -0.39 is 9.71 Å². The highest BCUT2D eigenvalue weighted by Gasteiger charge is 2.38. The van der Waals surface area contributed by atoms with Crippen LogP contribution >= 0.6 is 58.0 Å². The van der Waals surface area contributed by atoms with Crippen molar-refractivity contribution in [2.24, 2.45) is 5.73 Å². The Morgan fingerprint density at radius 2 is 1.83 bits per heavy atom. The third kappa shape index (κ3) is 1.80. The normalized spacial score (nSPS) is 28.8. The molecule has 6 heteroatoms. The molecule has 1 aliphatic rings. The van der Waals surface area contributed by atoms with E-state index in [4.69, 9.17) is 63.7 Å². The zero-order valence-corrected chi connectivity index (χ0v) is 9.40. The van der Waals surface area contributed by atoms with E-state index in [1.165, 1.54) is 6.08 Å². The van der Waals surface area contributed by atoms with Crippen LogP contribution in [0.25, 0.3) is 0 Å². The van der Waals surface area contributed by atoms with Crippen LogP contribution in [0.4, 0.5) is 0 Å². The van der Waals surface area contributed by atoms with Crippen molar-refractivity contribution in [1.82, 2.24) is 0 Å². The van der Waals surface area contributed by atoms with Crippen LogP contribution in [0.1, 0.15) is 0 Å². The average molecular weight is 267 g/mol. The average Bonchev–Trinajstić information content (AvgIpc) is 1.97. The maximum atomic E-state index is 5.78. The predicted octanol–water partition coefficient (Wildman–Crippen LogP) is 3.31. The molecular formula is C6H4Cl5N. The summed E-state index contributed by atoms with van der Waals surface area (Å²) in [7, 11) is 0. The molecule has 1 unspecified atom stereocenters. The van der Waals surface area contributed by atoms with Gasteiger partial charge < -0.3 is 5.73 Å². The summed E-state index contributed by atoms with van der Waals surface area (Å²) in [4.78, 5) is 0. The first-order valence-electron chi connectivity index (χ1n) is 2.92. The lowest BCUT2D eigenvalue weighted by Crippen LogP contribution is -2.30. The molecule has 1 atom stereocenters. The third-order valence-electron chi connectivity index (χ3n) is 1.37. The van der Waals surface area contributed by atoms with Crippen molar-refractivity contribution in [1.29, 1.82) is 0 Å². The van der Waals surface area contributed by atoms with Gasteiger partial charge in [0, 0.05) is 0 Å². The second-order valence-corrected chi connectivity index (χ2v) is 4.96. The monoisotopic (exact) mass is 265 g/mol. The van der Waals surface area contributed by atoms with Crippen LogP contribution in [-0.2, 0) is 0 Å². The van der Waals surface area contributed by atoms with Crippen molar-refractivity contribution in [3.05, 3.63) is 21.8 Å². The van der Waals surface area contributed by atoms with E-state index in [-0.39, 0.29) is 15.8 Å². The highest BCUT2D eigenvalue weighted by Crippen LogP contribution is 2.43. The van der Waals surface area contributed by atoms with E-state index >= 15 is 0 Å². The Kier molecular flexibility index (Phi) is 3.12. The van der Waals surface area contributed by atoms with Gasteiger partial charge in [-0.3, -0.25) is 0 Å². The third-order valence-corrected chi connectivity index (χ3v) is 3.85. The van der Waals surface area contributed by atoms with Crippen molar-refractivity contribution in [2.75, 3.05) is 0 Å². The van der Waals surface area contributed by atoms with Crippen LogP contribution in [-0.4, -0.2) is 9.71 Å². The second kappa shape index (κ2) is 3.47. The van der Waals surface area contributed by atoms with Gasteiger partial charge in [-0.25, -0.2) is 0 Å². The Labute approximate surface area is 95.0 Å². The first kappa shape index (κ1) is 10.8. The minimum absolute atomic E-state index is 0.170. The molecule has 68 valence electrons. The second-order valence-electron chi connectivity index (χ2n) is 2.30. The number of hydrogen-bond acceptors (Lipinski definition) is 1.